The first kappa shape index (κ1) is 12.6. The van der Waals surface area contributed by atoms with Crippen LogP contribution in [0.15, 0.2) is 30.3 Å². The number of nitrogens with zero attached hydrogens (tertiary/aromatic N) is 1. The van der Waals surface area contributed by atoms with Crippen molar-refractivity contribution in [2.75, 3.05) is 19.6 Å². The molecule has 0 aliphatic carbocycles. The first-order valence-corrected chi connectivity index (χ1v) is 6.77. The van der Waals surface area contributed by atoms with Crippen LogP contribution in [0.3, 0.4) is 0 Å². The van der Waals surface area contributed by atoms with Crippen LogP contribution in [-0.2, 0) is 6.42 Å². The largest absolute Gasteiger partial charge is 0.323 e. The van der Waals surface area contributed by atoms with Crippen molar-refractivity contribution in [1.82, 2.24) is 4.90 Å². The van der Waals surface area contributed by atoms with Crippen molar-refractivity contribution in [2.45, 2.75) is 38.1 Å². The van der Waals surface area contributed by atoms with Crippen molar-refractivity contribution in [2.24, 2.45) is 5.73 Å². The third-order valence-corrected chi connectivity index (χ3v) is 3.81. The molecule has 0 amide bonds. The topological polar surface area (TPSA) is 29.3 Å². The fourth-order valence-corrected chi connectivity index (χ4v) is 2.54. The van der Waals surface area contributed by atoms with Gasteiger partial charge < -0.3 is 5.73 Å². The van der Waals surface area contributed by atoms with Gasteiger partial charge in [-0.2, -0.15) is 0 Å². The minimum atomic E-state index is 0.124. The third-order valence-electron chi connectivity index (χ3n) is 3.81. The summed E-state index contributed by atoms with van der Waals surface area (Å²) in [6.07, 6.45) is 4.88. The average molecular weight is 232 g/mol. The van der Waals surface area contributed by atoms with Gasteiger partial charge in [-0.3, -0.25) is 4.90 Å². The van der Waals surface area contributed by atoms with Crippen LogP contribution in [0.5, 0.6) is 0 Å². The Bertz CT molecular complexity index is 328. The molecule has 2 heteroatoms. The molecule has 0 unspecified atom stereocenters. The van der Waals surface area contributed by atoms with Gasteiger partial charge in [0.25, 0.3) is 0 Å². The summed E-state index contributed by atoms with van der Waals surface area (Å²) in [6, 6.07) is 10.7. The van der Waals surface area contributed by atoms with Crippen LogP contribution in [0.2, 0.25) is 0 Å². The van der Waals surface area contributed by atoms with E-state index in [0.717, 1.165) is 19.5 Å². The maximum absolute atomic E-state index is 6.15. The molecule has 0 spiro atoms. The molecule has 1 heterocycles. The van der Waals surface area contributed by atoms with Crippen LogP contribution in [0.4, 0.5) is 0 Å². The van der Waals surface area contributed by atoms with Crippen molar-refractivity contribution >= 4 is 0 Å². The first-order chi connectivity index (χ1) is 8.22. The molecule has 2 N–H and O–H groups in total. The Balaban J connectivity index is 1.56. The van der Waals surface area contributed by atoms with Gasteiger partial charge >= 0.3 is 0 Å². The fraction of sp³-hybridized carbons (Fsp3) is 0.600. The van der Waals surface area contributed by atoms with Crippen LogP contribution in [0.1, 0.15) is 31.7 Å². The predicted octanol–water partition coefficient (Wildman–Crippen LogP) is 2.43. The van der Waals surface area contributed by atoms with Gasteiger partial charge in [0, 0.05) is 18.6 Å². The lowest BCUT2D eigenvalue weighted by molar-refractivity contribution is 0.0665. The number of benzene rings is 1. The van der Waals surface area contributed by atoms with Crippen molar-refractivity contribution < 1.29 is 0 Å². The van der Waals surface area contributed by atoms with Crippen LogP contribution in [-0.4, -0.2) is 30.1 Å². The highest BCUT2D eigenvalue weighted by molar-refractivity contribution is 5.14. The summed E-state index contributed by atoms with van der Waals surface area (Å²) in [5.41, 5.74) is 7.73. The number of unbranched alkanes of at least 4 members (excludes halogenated alkanes) is 1. The van der Waals surface area contributed by atoms with Crippen molar-refractivity contribution in [3.05, 3.63) is 35.9 Å². The van der Waals surface area contributed by atoms with E-state index < -0.39 is 0 Å². The number of hydrogen-bond donors (Lipinski definition) is 1. The van der Waals surface area contributed by atoms with E-state index in [4.69, 9.17) is 5.73 Å². The predicted molar refractivity (Wildman–Crippen MR) is 73.0 cm³/mol. The Kier molecular flexibility index (Phi) is 4.19. The molecular formula is C15H24N2. The van der Waals surface area contributed by atoms with Crippen molar-refractivity contribution in [3.8, 4) is 0 Å². The molecule has 0 aromatic heterocycles. The third kappa shape index (κ3) is 3.55. The van der Waals surface area contributed by atoms with E-state index in [1.807, 2.05) is 0 Å². The zero-order valence-corrected chi connectivity index (χ0v) is 10.9. The summed E-state index contributed by atoms with van der Waals surface area (Å²) >= 11 is 0. The Hall–Kier alpha value is -0.860. The molecule has 17 heavy (non-hydrogen) atoms. The molecule has 0 radical (unpaired) electrons. The quantitative estimate of drug-likeness (QED) is 0.763. The summed E-state index contributed by atoms with van der Waals surface area (Å²) in [4.78, 5) is 2.48. The van der Waals surface area contributed by atoms with E-state index >= 15 is 0 Å². The molecule has 2 nitrogen and oxygen atoms in total. The standard InChI is InChI=1S/C15H24N2/c1-2-15(16)12-17(13-15)11-7-6-10-14-8-4-3-5-9-14/h3-5,8-9H,2,6-7,10-13,16H2,1H3. The van der Waals surface area contributed by atoms with Crippen LogP contribution >= 0.6 is 0 Å². The van der Waals surface area contributed by atoms with Crippen LogP contribution in [0.25, 0.3) is 0 Å². The van der Waals surface area contributed by atoms with Crippen LogP contribution < -0.4 is 5.73 Å². The average Bonchev–Trinajstić information content (AvgIpc) is 2.33. The maximum Gasteiger partial charge on any atom is 0.0409 e. The number of hydrogen-bond acceptors (Lipinski definition) is 2. The van der Waals surface area contributed by atoms with Gasteiger partial charge in [-0.25, -0.2) is 0 Å². The molecular weight excluding hydrogens is 208 g/mol. The van der Waals surface area contributed by atoms with Crippen molar-refractivity contribution in [3.63, 3.8) is 0 Å². The Morgan fingerprint density at radius 2 is 1.88 bits per heavy atom. The van der Waals surface area contributed by atoms with E-state index in [9.17, 15) is 0 Å². The lowest BCUT2D eigenvalue weighted by atomic mass is 9.88. The van der Waals surface area contributed by atoms with Crippen LogP contribution in [0, 0.1) is 0 Å². The SMILES string of the molecule is CCC1(N)CN(CCCCc2ccccc2)C1. The number of rotatable bonds is 6. The summed E-state index contributed by atoms with van der Waals surface area (Å²) in [6.45, 7) is 5.59. The van der Waals surface area contributed by atoms with E-state index in [2.05, 4.69) is 42.2 Å². The molecule has 2 rings (SSSR count). The second kappa shape index (κ2) is 5.65. The molecule has 1 aliphatic heterocycles. The Morgan fingerprint density at radius 1 is 1.18 bits per heavy atom. The normalized spacial score (nSPS) is 18.9. The second-order valence-electron chi connectivity index (χ2n) is 5.37. The van der Waals surface area contributed by atoms with Gasteiger partial charge in [-0.15, -0.1) is 0 Å². The number of aryl methyl sites for hydroxylation is 1. The molecule has 0 bridgehead atoms. The zero-order chi connectivity index (χ0) is 12.1. The molecule has 1 aromatic rings. The Morgan fingerprint density at radius 3 is 2.53 bits per heavy atom. The van der Waals surface area contributed by atoms with E-state index in [1.165, 1.54) is 31.4 Å². The summed E-state index contributed by atoms with van der Waals surface area (Å²) < 4.78 is 0. The summed E-state index contributed by atoms with van der Waals surface area (Å²) in [7, 11) is 0. The maximum atomic E-state index is 6.15. The monoisotopic (exact) mass is 232 g/mol. The smallest absolute Gasteiger partial charge is 0.0409 e. The van der Waals surface area contributed by atoms with Gasteiger partial charge in [0.15, 0.2) is 0 Å². The highest BCUT2D eigenvalue weighted by atomic mass is 15.2. The lowest BCUT2D eigenvalue weighted by Gasteiger charge is -2.47. The molecule has 0 saturated carbocycles. The number of likely N-dealkylation sites (tertiary alicyclic amines) is 1. The fourth-order valence-electron chi connectivity index (χ4n) is 2.54. The Labute approximate surface area is 105 Å². The zero-order valence-electron chi connectivity index (χ0n) is 10.9. The van der Waals surface area contributed by atoms with E-state index in [1.54, 1.807) is 0 Å². The lowest BCUT2D eigenvalue weighted by Crippen LogP contribution is -2.66. The molecule has 1 fully saturated rings. The van der Waals surface area contributed by atoms with Gasteiger partial charge in [-0.05, 0) is 37.8 Å². The molecule has 0 atom stereocenters. The first-order valence-electron chi connectivity index (χ1n) is 6.77. The summed E-state index contributed by atoms with van der Waals surface area (Å²) in [5.74, 6) is 0. The van der Waals surface area contributed by atoms with Gasteiger partial charge in [-0.1, -0.05) is 37.3 Å². The van der Waals surface area contributed by atoms with E-state index in [0.29, 0.717) is 0 Å². The minimum Gasteiger partial charge on any atom is -0.323 e. The molecule has 1 aromatic carbocycles. The molecule has 1 saturated heterocycles. The van der Waals surface area contributed by atoms with Crippen molar-refractivity contribution in [1.29, 1.82) is 0 Å². The minimum absolute atomic E-state index is 0.124. The second-order valence-corrected chi connectivity index (χ2v) is 5.37. The number of nitrogens with two attached hydrogens (primary N) is 1. The van der Waals surface area contributed by atoms with E-state index in [-0.39, 0.29) is 5.54 Å². The van der Waals surface area contributed by atoms with Gasteiger partial charge in [0.1, 0.15) is 0 Å². The molecule has 1 aliphatic rings. The van der Waals surface area contributed by atoms with Gasteiger partial charge in [0.2, 0.25) is 0 Å². The van der Waals surface area contributed by atoms with Gasteiger partial charge in [0.05, 0.1) is 0 Å². The molecule has 94 valence electrons. The highest BCUT2D eigenvalue weighted by Gasteiger charge is 2.36. The highest BCUT2D eigenvalue weighted by Crippen LogP contribution is 2.21. The summed E-state index contributed by atoms with van der Waals surface area (Å²) in [5, 5.41) is 0.